The van der Waals surface area contributed by atoms with E-state index in [2.05, 4.69) is 58.9 Å². The SMILES string of the molecule is CN=C(NCCc1cccc(OC)c1)NCC1CCCOC1c1ccc(C)cc1. The summed E-state index contributed by atoms with van der Waals surface area (Å²) < 4.78 is 11.4. The van der Waals surface area contributed by atoms with Crippen molar-refractivity contribution in [2.24, 2.45) is 10.9 Å². The fourth-order valence-electron chi connectivity index (χ4n) is 3.78. The molecule has 29 heavy (non-hydrogen) atoms. The smallest absolute Gasteiger partial charge is 0.190 e. The first-order valence-corrected chi connectivity index (χ1v) is 10.4. The summed E-state index contributed by atoms with van der Waals surface area (Å²) in [7, 11) is 3.51. The van der Waals surface area contributed by atoms with Gasteiger partial charge in [0.1, 0.15) is 5.75 Å². The van der Waals surface area contributed by atoms with E-state index in [4.69, 9.17) is 9.47 Å². The first-order valence-electron chi connectivity index (χ1n) is 10.4. The molecule has 2 unspecified atom stereocenters. The molecule has 3 rings (SSSR count). The summed E-state index contributed by atoms with van der Waals surface area (Å²) in [6, 6.07) is 16.9. The predicted octanol–water partition coefficient (Wildman–Crippen LogP) is 3.88. The van der Waals surface area contributed by atoms with Crippen LogP contribution in [-0.2, 0) is 11.2 Å². The fraction of sp³-hybridized carbons (Fsp3) is 0.458. The number of aryl methyl sites for hydroxylation is 1. The number of methoxy groups -OCH3 is 1. The monoisotopic (exact) mass is 395 g/mol. The van der Waals surface area contributed by atoms with Gasteiger partial charge in [-0.2, -0.15) is 0 Å². The van der Waals surface area contributed by atoms with E-state index in [-0.39, 0.29) is 6.10 Å². The number of nitrogens with zero attached hydrogens (tertiary/aromatic N) is 1. The van der Waals surface area contributed by atoms with Crippen molar-refractivity contribution < 1.29 is 9.47 Å². The van der Waals surface area contributed by atoms with E-state index in [0.29, 0.717) is 5.92 Å². The van der Waals surface area contributed by atoms with Crippen molar-refractivity contribution in [1.29, 1.82) is 0 Å². The van der Waals surface area contributed by atoms with E-state index in [9.17, 15) is 0 Å². The van der Waals surface area contributed by atoms with Crippen LogP contribution in [0.4, 0.5) is 0 Å². The molecule has 1 aliphatic rings. The highest BCUT2D eigenvalue weighted by atomic mass is 16.5. The van der Waals surface area contributed by atoms with Crippen molar-refractivity contribution >= 4 is 5.96 Å². The first-order chi connectivity index (χ1) is 14.2. The highest BCUT2D eigenvalue weighted by Gasteiger charge is 2.27. The Bertz CT molecular complexity index is 789. The molecule has 0 amide bonds. The lowest BCUT2D eigenvalue weighted by Gasteiger charge is -2.32. The maximum atomic E-state index is 6.13. The minimum absolute atomic E-state index is 0.145. The summed E-state index contributed by atoms with van der Waals surface area (Å²) in [5, 5.41) is 6.91. The Kier molecular flexibility index (Phi) is 7.94. The standard InChI is InChI=1S/C24H33N3O2/c1-18-9-11-20(12-10-18)23-21(7-5-15-29-23)17-27-24(25-2)26-14-13-19-6-4-8-22(16-19)28-3/h4,6,8-12,16,21,23H,5,7,13-15,17H2,1-3H3,(H2,25,26,27). The van der Waals surface area contributed by atoms with E-state index in [0.717, 1.165) is 50.7 Å². The Balaban J connectivity index is 1.50. The van der Waals surface area contributed by atoms with Crippen LogP contribution in [0.15, 0.2) is 53.5 Å². The molecule has 156 valence electrons. The van der Waals surface area contributed by atoms with Crippen molar-refractivity contribution in [3.63, 3.8) is 0 Å². The Morgan fingerprint density at radius 3 is 2.76 bits per heavy atom. The van der Waals surface area contributed by atoms with Crippen LogP contribution in [-0.4, -0.2) is 39.8 Å². The van der Waals surface area contributed by atoms with E-state index in [1.807, 2.05) is 19.2 Å². The van der Waals surface area contributed by atoms with Gasteiger partial charge in [0.15, 0.2) is 5.96 Å². The van der Waals surface area contributed by atoms with Crippen LogP contribution in [0.25, 0.3) is 0 Å². The van der Waals surface area contributed by atoms with Crippen LogP contribution in [0.1, 0.15) is 35.6 Å². The van der Waals surface area contributed by atoms with E-state index >= 15 is 0 Å². The van der Waals surface area contributed by atoms with Crippen molar-refractivity contribution in [3.05, 3.63) is 65.2 Å². The molecule has 0 bridgehead atoms. The molecule has 1 fully saturated rings. The van der Waals surface area contributed by atoms with Gasteiger partial charge in [-0.05, 0) is 49.4 Å². The number of aliphatic imine (C=N–C) groups is 1. The molecular weight excluding hydrogens is 362 g/mol. The van der Waals surface area contributed by atoms with Crippen molar-refractivity contribution in [3.8, 4) is 5.75 Å². The Morgan fingerprint density at radius 2 is 2.00 bits per heavy atom. The summed E-state index contributed by atoms with van der Waals surface area (Å²) >= 11 is 0. The van der Waals surface area contributed by atoms with Gasteiger partial charge in [0.2, 0.25) is 0 Å². The molecule has 2 N–H and O–H groups in total. The zero-order valence-corrected chi connectivity index (χ0v) is 17.8. The molecule has 5 nitrogen and oxygen atoms in total. The second kappa shape index (κ2) is 10.9. The van der Waals surface area contributed by atoms with Gasteiger partial charge in [0.25, 0.3) is 0 Å². The normalized spacial score (nSPS) is 19.6. The fourth-order valence-corrected chi connectivity index (χ4v) is 3.78. The molecule has 0 aromatic heterocycles. The number of benzene rings is 2. The molecule has 2 aromatic carbocycles. The summed E-state index contributed by atoms with van der Waals surface area (Å²) in [5.41, 5.74) is 3.79. The lowest BCUT2D eigenvalue weighted by Crippen LogP contribution is -2.42. The minimum Gasteiger partial charge on any atom is -0.497 e. The molecule has 0 saturated carbocycles. The number of hydrogen-bond donors (Lipinski definition) is 2. The highest BCUT2D eigenvalue weighted by molar-refractivity contribution is 5.79. The van der Waals surface area contributed by atoms with Crippen LogP contribution in [0, 0.1) is 12.8 Å². The molecule has 0 spiro atoms. The molecule has 0 aliphatic carbocycles. The number of rotatable bonds is 7. The maximum Gasteiger partial charge on any atom is 0.190 e. The van der Waals surface area contributed by atoms with Crippen molar-refractivity contribution in [2.45, 2.75) is 32.3 Å². The third-order valence-corrected chi connectivity index (χ3v) is 5.45. The van der Waals surface area contributed by atoms with Crippen LogP contribution in [0.5, 0.6) is 5.75 Å². The second-order valence-electron chi connectivity index (χ2n) is 7.59. The van der Waals surface area contributed by atoms with Crippen LogP contribution < -0.4 is 15.4 Å². The summed E-state index contributed by atoms with van der Waals surface area (Å²) in [6.07, 6.45) is 3.33. The summed E-state index contributed by atoms with van der Waals surface area (Å²) in [5.74, 6) is 2.16. The van der Waals surface area contributed by atoms with Gasteiger partial charge in [-0.3, -0.25) is 4.99 Å². The Morgan fingerprint density at radius 1 is 1.17 bits per heavy atom. The van der Waals surface area contributed by atoms with Gasteiger partial charge >= 0.3 is 0 Å². The number of hydrogen-bond acceptors (Lipinski definition) is 3. The molecule has 1 saturated heterocycles. The average molecular weight is 396 g/mol. The van der Waals surface area contributed by atoms with Gasteiger partial charge in [-0.1, -0.05) is 42.0 Å². The largest absolute Gasteiger partial charge is 0.497 e. The molecular formula is C24H33N3O2. The summed E-state index contributed by atoms with van der Waals surface area (Å²) in [6.45, 7) is 4.61. The Hall–Kier alpha value is -2.53. The average Bonchev–Trinajstić information content (AvgIpc) is 2.77. The topological polar surface area (TPSA) is 54.9 Å². The van der Waals surface area contributed by atoms with Crippen molar-refractivity contribution in [1.82, 2.24) is 10.6 Å². The quantitative estimate of drug-likeness (QED) is 0.552. The predicted molar refractivity (Wildman–Crippen MR) is 119 cm³/mol. The molecule has 2 atom stereocenters. The van der Waals surface area contributed by atoms with Crippen LogP contribution in [0.3, 0.4) is 0 Å². The first kappa shape index (κ1) is 21.2. The van der Waals surface area contributed by atoms with E-state index in [1.54, 1.807) is 7.11 Å². The van der Waals surface area contributed by atoms with E-state index in [1.165, 1.54) is 16.7 Å². The zero-order chi connectivity index (χ0) is 20.5. The van der Waals surface area contributed by atoms with Crippen LogP contribution >= 0.6 is 0 Å². The molecule has 1 heterocycles. The van der Waals surface area contributed by atoms with Crippen molar-refractivity contribution in [2.75, 3.05) is 33.9 Å². The van der Waals surface area contributed by atoms with Gasteiger partial charge < -0.3 is 20.1 Å². The minimum atomic E-state index is 0.145. The third kappa shape index (κ3) is 6.23. The third-order valence-electron chi connectivity index (χ3n) is 5.45. The van der Waals surface area contributed by atoms with Gasteiger partial charge in [-0.25, -0.2) is 0 Å². The van der Waals surface area contributed by atoms with Gasteiger partial charge in [0, 0.05) is 32.7 Å². The lowest BCUT2D eigenvalue weighted by molar-refractivity contribution is -0.0265. The lowest BCUT2D eigenvalue weighted by atomic mass is 9.89. The molecule has 2 aromatic rings. The van der Waals surface area contributed by atoms with E-state index < -0.39 is 0 Å². The molecule has 5 heteroatoms. The Labute approximate surface area is 174 Å². The van der Waals surface area contributed by atoms with Gasteiger partial charge in [0.05, 0.1) is 13.2 Å². The van der Waals surface area contributed by atoms with Crippen LogP contribution in [0.2, 0.25) is 0 Å². The number of ether oxygens (including phenoxy) is 2. The molecule has 0 radical (unpaired) electrons. The number of guanidine groups is 1. The molecule has 1 aliphatic heterocycles. The second-order valence-corrected chi connectivity index (χ2v) is 7.59. The summed E-state index contributed by atoms with van der Waals surface area (Å²) in [4.78, 5) is 4.38. The highest BCUT2D eigenvalue weighted by Crippen LogP contribution is 2.33. The zero-order valence-electron chi connectivity index (χ0n) is 17.8. The van der Waals surface area contributed by atoms with Gasteiger partial charge in [-0.15, -0.1) is 0 Å². The number of nitrogens with one attached hydrogen (secondary N) is 2. The maximum absolute atomic E-state index is 6.13.